The molecule has 4 aromatic rings. The minimum atomic E-state index is -0.315. The van der Waals surface area contributed by atoms with Crippen molar-refractivity contribution < 1.29 is 19.0 Å². The molecule has 1 amide bonds. The molecule has 0 aliphatic carbocycles. The van der Waals surface area contributed by atoms with Gasteiger partial charge >= 0.3 is 0 Å². The summed E-state index contributed by atoms with van der Waals surface area (Å²) in [6, 6.07) is 20.2. The van der Waals surface area contributed by atoms with Crippen LogP contribution in [0.1, 0.15) is 23.1 Å². The van der Waals surface area contributed by atoms with Gasteiger partial charge in [-0.05, 0) is 56.1 Å². The van der Waals surface area contributed by atoms with Crippen molar-refractivity contribution in [1.29, 1.82) is 10.5 Å². The molecular weight excluding hydrogens is 592 g/mol. The van der Waals surface area contributed by atoms with E-state index < -0.39 is 0 Å². The third kappa shape index (κ3) is 8.08. The van der Waals surface area contributed by atoms with Crippen molar-refractivity contribution in [3.8, 4) is 23.6 Å². The van der Waals surface area contributed by atoms with E-state index in [0.29, 0.717) is 75.4 Å². The first-order chi connectivity index (χ1) is 21.8. The lowest BCUT2D eigenvalue weighted by Crippen LogP contribution is -2.18. The quantitative estimate of drug-likeness (QED) is 0.188. The van der Waals surface area contributed by atoms with Crippen LogP contribution < -0.4 is 20.1 Å². The van der Waals surface area contributed by atoms with E-state index >= 15 is 0 Å². The Labute approximate surface area is 266 Å². The topological polar surface area (TPSA) is 133 Å². The van der Waals surface area contributed by atoms with Gasteiger partial charge in [0.05, 0.1) is 52.3 Å². The lowest BCUT2D eigenvalue weighted by molar-refractivity contribution is -0.111. The molecule has 0 saturated carbocycles. The summed E-state index contributed by atoms with van der Waals surface area (Å²) in [6.07, 6.45) is 5.31. The second-order valence-corrected chi connectivity index (χ2v) is 11.1. The molecule has 11 heteroatoms. The minimum Gasteiger partial charge on any atom is -0.487 e. The van der Waals surface area contributed by atoms with E-state index in [1.165, 1.54) is 12.3 Å². The third-order valence-corrected chi connectivity index (χ3v) is 7.22. The highest BCUT2D eigenvalue weighted by atomic mass is 35.5. The Balaban J connectivity index is 1.44. The Bertz CT molecular complexity index is 1820. The van der Waals surface area contributed by atoms with Crippen LogP contribution in [-0.2, 0) is 16.1 Å². The van der Waals surface area contributed by atoms with Crippen LogP contribution in [0.5, 0.6) is 11.5 Å². The van der Waals surface area contributed by atoms with Crippen molar-refractivity contribution >= 4 is 45.5 Å². The Morgan fingerprint density at radius 3 is 2.76 bits per heavy atom. The zero-order valence-corrected chi connectivity index (χ0v) is 25.6. The number of nitrogens with zero attached hydrogens (tertiary/aromatic N) is 4. The minimum absolute atomic E-state index is 0.156. The molecule has 3 aromatic carbocycles. The molecule has 1 saturated heterocycles. The van der Waals surface area contributed by atoms with Gasteiger partial charge in [0.2, 0.25) is 5.91 Å². The van der Waals surface area contributed by atoms with Crippen molar-refractivity contribution in [1.82, 2.24) is 9.88 Å². The number of anilines is 3. The van der Waals surface area contributed by atoms with Gasteiger partial charge in [0.1, 0.15) is 30.3 Å². The van der Waals surface area contributed by atoms with Gasteiger partial charge in [0.15, 0.2) is 0 Å². The Morgan fingerprint density at radius 1 is 1.16 bits per heavy atom. The summed E-state index contributed by atoms with van der Waals surface area (Å²) in [4.78, 5) is 19.3. The van der Waals surface area contributed by atoms with E-state index in [4.69, 9.17) is 31.1 Å². The number of carbonyl (C=O) groups excluding carboxylic acids is 1. The van der Waals surface area contributed by atoms with Gasteiger partial charge in [-0.3, -0.25) is 9.78 Å². The molecule has 2 N–H and O–H groups in total. The molecule has 0 bridgehead atoms. The highest BCUT2D eigenvalue weighted by Gasteiger charge is 2.21. The highest BCUT2D eigenvalue weighted by Crippen LogP contribution is 2.38. The van der Waals surface area contributed by atoms with Crippen LogP contribution in [0.3, 0.4) is 0 Å². The SMILES string of the molecule is CN(C)CC=CC(=O)Nc1cc2c(Nc3ccc(OCc4cccc(C#N)c4)c(Cl)c3)c(C#N)cnc2cc1O[C@H]1CCOC1. The number of halogens is 1. The summed E-state index contributed by atoms with van der Waals surface area (Å²) in [5.41, 5.74) is 3.81. The predicted molar refractivity (Wildman–Crippen MR) is 173 cm³/mol. The first-order valence-electron chi connectivity index (χ1n) is 14.2. The molecule has 1 aromatic heterocycles. The first kappa shape index (κ1) is 31.3. The Kier molecular flexibility index (Phi) is 10.1. The number of carbonyl (C=O) groups is 1. The molecule has 1 aliphatic rings. The smallest absolute Gasteiger partial charge is 0.248 e. The highest BCUT2D eigenvalue weighted by molar-refractivity contribution is 6.32. The molecule has 1 fully saturated rings. The number of rotatable bonds is 11. The van der Waals surface area contributed by atoms with Crippen LogP contribution in [-0.4, -0.2) is 55.7 Å². The van der Waals surface area contributed by atoms with E-state index in [1.807, 2.05) is 25.1 Å². The number of aromatic nitrogens is 1. The van der Waals surface area contributed by atoms with E-state index in [-0.39, 0.29) is 18.6 Å². The molecule has 0 radical (unpaired) electrons. The number of pyridine rings is 1. The number of ether oxygens (including phenoxy) is 3. The second kappa shape index (κ2) is 14.6. The van der Waals surface area contributed by atoms with Crippen molar-refractivity contribution in [3.63, 3.8) is 0 Å². The van der Waals surface area contributed by atoms with Gasteiger partial charge in [-0.15, -0.1) is 0 Å². The van der Waals surface area contributed by atoms with E-state index in [2.05, 4.69) is 27.8 Å². The summed E-state index contributed by atoms with van der Waals surface area (Å²) in [6.45, 7) is 1.91. The molecule has 2 heterocycles. The Hall–Kier alpha value is -5.13. The van der Waals surface area contributed by atoms with E-state index in [9.17, 15) is 10.1 Å². The number of benzene rings is 3. The molecule has 10 nitrogen and oxygen atoms in total. The fourth-order valence-electron chi connectivity index (χ4n) is 4.70. The lowest BCUT2D eigenvalue weighted by Gasteiger charge is -2.19. The number of nitrogens with one attached hydrogen (secondary N) is 2. The number of nitriles is 2. The molecule has 0 unspecified atom stereocenters. The maximum Gasteiger partial charge on any atom is 0.248 e. The van der Waals surface area contributed by atoms with Crippen molar-refractivity contribution in [2.45, 2.75) is 19.1 Å². The van der Waals surface area contributed by atoms with Crippen LogP contribution in [0.15, 0.2) is 72.9 Å². The summed E-state index contributed by atoms with van der Waals surface area (Å²) >= 11 is 6.58. The Morgan fingerprint density at radius 2 is 2.02 bits per heavy atom. The summed E-state index contributed by atoms with van der Waals surface area (Å²) < 4.78 is 17.6. The molecule has 5 rings (SSSR count). The maximum absolute atomic E-state index is 12.8. The summed E-state index contributed by atoms with van der Waals surface area (Å²) in [5.74, 6) is 0.611. The standard InChI is InChI=1S/C34H31ClN6O4/c1-41(2)11-4-7-33(42)40-30-15-27-29(16-32(30)45-26-10-12-43-21-26)38-19-24(18-37)34(27)39-25-8-9-31(28(35)14-25)44-20-23-6-3-5-22(13-23)17-36/h3-9,13-16,19,26H,10-12,20-21H2,1-2H3,(H,38,39)(H,40,42)/t26-/m0/s1. The van der Waals surface area contributed by atoms with Crippen LogP contribution in [0.2, 0.25) is 5.02 Å². The molecular formula is C34H31ClN6O4. The molecule has 0 spiro atoms. The van der Waals surface area contributed by atoms with E-state index in [1.54, 1.807) is 54.6 Å². The van der Waals surface area contributed by atoms with Crippen LogP contribution in [0, 0.1) is 22.7 Å². The number of amides is 1. The molecule has 45 heavy (non-hydrogen) atoms. The molecule has 228 valence electrons. The fraction of sp³-hybridized carbons (Fsp3) is 0.235. The fourth-order valence-corrected chi connectivity index (χ4v) is 4.93. The number of hydrogen-bond donors (Lipinski definition) is 2. The van der Waals surface area contributed by atoms with Gasteiger partial charge in [-0.2, -0.15) is 10.5 Å². The van der Waals surface area contributed by atoms with E-state index in [0.717, 1.165) is 12.0 Å². The average molecular weight is 623 g/mol. The largest absolute Gasteiger partial charge is 0.487 e. The lowest BCUT2D eigenvalue weighted by atomic mass is 10.1. The van der Waals surface area contributed by atoms with Gasteiger partial charge in [-0.25, -0.2) is 0 Å². The average Bonchev–Trinajstić information content (AvgIpc) is 3.54. The second-order valence-electron chi connectivity index (χ2n) is 10.7. The summed E-state index contributed by atoms with van der Waals surface area (Å²) in [7, 11) is 3.83. The van der Waals surface area contributed by atoms with Gasteiger partial charge in [0, 0.05) is 42.4 Å². The summed E-state index contributed by atoms with van der Waals surface area (Å²) in [5, 5.41) is 26.3. The van der Waals surface area contributed by atoms with Crippen molar-refractivity contribution in [2.75, 3.05) is 44.5 Å². The normalized spacial score (nSPS) is 14.3. The zero-order valence-electron chi connectivity index (χ0n) is 24.8. The third-order valence-electron chi connectivity index (χ3n) is 6.92. The zero-order chi connectivity index (χ0) is 31.8. The van der Waals surface area contributed by atoms with Gasteiger partial charge < -0.3 is 29.7 Å². The van der Waals surface area contributed by atoms with Crippen molar-refractivity contribution in [3.05, 3.63) is 94.7 Å². The van der Waals surface area contributed by atoms with Crippen LogP contribution in [0.4, 0.5) is 17.1 Å². The molecule has 1 aliphatic heterocycles. The molecule has 1 atom stereocenters. The number of fused-ring (bicyclic) bond motifs is 1. The predicted octanol–water partition coefficient (Wildman–Crippen LogP) is 6.18. The number of hydrogen-bond acceptors (Lipinski definition) is 9. The van der Waals surface area contributed by atoms with Crippen LogP contribution >= 0.6 is 11.6 Å². The van der Waals surface area contributed by atoms with Gasteiger partial charge in [0.25, 0.3) is 0 Å². The van der Waals surface area contributed by atoms with Crippen LogP contribution in [0.25, 0.3) is 10.9 Å². The first-order valence-corrected chi connectivity index (χ1v) is 14.6. The number of likely N-dealkylation sites (N-methyl/N-ethyl adjacent to an activating group) is 1. The van der Waals surface area contributed by atoms with Crippen molar-refractivity contribution in [2.24, 2.45) is 0 Å². The van der Waals surface area contributed by atoms with Gasteiger partial charge in [-0.1, -0.05) is 29.8 Å². The monoisotopic (exact) mass is 622 g/mol. The maximum atomic E-state index is 12.8.